The molecule has 0 fully saturated rings. The van der Waals surface area contributed by atoms with Crippen molar-refractivity contribution >= 4 is 23.1 Å². The average molecular weight is 140 g/mol. The van der Waals surface area contributed by atoms with Crippen molar-refractivity contribution in [1.29, 1.82) is 0 Å². The van der Waals surface area contributed by atoms with Crippen molar-refractivity contribution in [3.8, 4) is 0 Å². The molecule has 0 atom stereocenters. The third-order valence-corrected chi connectivity index (χ3v) is 0.787. The van der Waals surface area contributed by atoms with E-state index >= 15 is 0 Å². The second kappa shape index (κ2) is 3.79. The van der Waals surface area contributed by atoms with E-state index in [0.29, 0.717) is 0 Å². The molecule has 0 aromatic heterocycles. The van der Waals surface area contributed by atoms with E-state index in [2.05, 4.69) is 0 Å². The van der Waals surface area contributed by atoms with Gasteiger partial charge in [-0.15, -0.1) is 0 Å². The molecule has 0 spiro atoms. The van der Waals surface area contributed by atoms with Crippen molar-refractivity contribution in [2.24, 2.45) is 0 Å². The summed E-state index contributed by atoms with van der Waals surface area (Å²) in [4.78, 5) is 0. The Hall–Kier alpha value is -0.154. The molecule has 0 heterocycles. The van der Waals surface area contributed by atoms with Crippen LogP contribution in [0.3, 0.4) is 0 Å². The third kappa shape index (κ3) is 2.77. The van der Waals surface area contributed by atoms with Gasteiger partial charge < -0.3 is 2.85 Å². The molecule has 0 aliphatic carbocycles. The quantitative estimate of drug-likeness (QED) is 0.482. The first-order valence-corrected chi connectivity index (χ1v) is 2.20. The molecule has 0 amide bonds. The molecule has 1 aromatic carbocycles. The minimum atomic E-state index is -0.537. The fourth-order valence-corrected chi connectivity index (χ4v) is 0.460. The van der Waals surface area contributed by atoms with E-state index in [1.54, 1.807) is 0 Å². The second-order valence-corrected chi connectivity index (χ2v) is 1.44. The van der Waals surface area contributed by atoms with Crippen molar-refractivity contribution in [3.05, 3.63) is 35.9 Å². The maximum Gasteiger partial charge on any atom is 2.00 e. The van der Waals surface area contributed by atoms with Gasteiger partial charge in [-0.25, -0.2) is 8.78 Å². The molecule has 0 saturated heterocycles. The number of hydrogen-bond donors (Lipinski definition) is 0. The molecule has 1 rings (SSSR count). The molecule has 0 nitrogen and oxygen atoms in total. The van der Waals surface area contributed by atoms with Crippen molar-refractivity contribution in [2.45, 2.75) is 0 Å². The molecule has 0 unspecified atom stereocenters. The van der Waals surface area contributed by atoms with Crippen LogP contribution in [0.5, 0.6) is 0 Å². The van der Waals surface area contributed by atoms with E-state index in [-0.39, 0.29) is 25.9 Å². The first-order chi connectivity index (χ1) is 3.79. The molecule has 0 radical (unpaired) electrons. The van der Waals surface area contributed by atoms with E-state index in [4.69, 9.17) is 0 Å². The van der Waals surface area contributed by atoms with Gasteiger partial charge in [0.1, 0.15) is 11.6 Å². The van der Waals surface area contributed by atoms with Crippen LogP contribution >= 0.6 is 0 Å². The minimum Gasteiger partial charge on any atom is -1.00 e. The molecule has 0 N–H and O–H groups in total. The molecular formula is C6H6F2Mg. The van der Waals surface area contributed by atoms with Gasteiger partial charge in [0.05, 0.1) is 0 Å². The fourth-order valence-electron chi connectivity index (χ4n) is 0.460. The van der Waals surface area contributed by atoms with Gasteiger partial charge in [-0.1, -0.05) is 6.07 Å². The zero-order valence-electron chi connectivity index (χ0n) is 6.77. The van der Waals surface area contributed by atoms with Crippen LogP contribution in [0.2, 0.25) is 0 Å². The Morgan fingerprint density at radius 1 is 1.11 bits per heavy atom. The second-order valence-electron chi connectivity index (χ2n) is 1.44. The Labute approximate surface area is 71.0 Å². The summed E-state index contributed by atoms with van der Waals surface area (Å²) in [6, 6.07) is 4.55. The predicted octanol–water partition coefficient (Wildman–Crippen LogP) is 1.81. The van der Waals surface area contributed by atoms with Crippen LogP contribution < -0.4 is 0 Å². The number of benzene rings is 1. The molecular weight excluding hydrogens is 134 g/mol. The molecule has 0 aliphatic rings. The van der Waals surface area contributed by atoms with E-state index in [1.165, 1.54) is 18.2 Å². The summed E-state index contributed by atoms with van der Waals surface area (Å²) in [5, 5.41) is 0. The summed E-state index contributed by atoms with van der Waals surface area (Å²) >= 11 is 0. The van der Waals surface area contributed by atoms with Crippen LogP contribution in [-0.2, 0) is 0 Å². The van der Waals surface area contributed by atoms with Crippen LogP contribution in [0.1, 0.15) is 2.85 Å². The molecule has 9 heavy (non-hydrogen) atoms. The van der Waals surface area contributed by atoms with Gasteiger partial charge in [0.25, 0.3) is 0 Å². The Morgan fingerprint density at radius 3 is 1.78 bits per heavy atom. The predicted molar refractivity (Wildman–Crippen MR) is 34.3 cm³/mol. The van der Waals surface area contributed by atoms with Gasteiger partial charge in [0.15, 0.2) is 0 Å². The van der Waals surface area contributed by atoms with Gasteiger partial charge in [-0.2, -0.15) is 0 Å². The first-order valence-electron chi connectivity index (χ1n) is 2.20. The zero-order valence-corrected chi connectivity index (χ0v) is 6.19. The van der Waals surface area contributed by atoms with Crippen LogP contribution in [0, 0.1) is 11.6 Å². The van der Waals surface area contributed by atoms with Crippen LogP contribution in [0.15, 0.2) is 24.3 Å². The minimum absolute atomic E-state index is 0. The monoisotopic (exact) mass is 140 g/mol. The van der Waals surface area contributed by atoms with E-state index < -0.39 is 11.6 Å². The van der Waals surface area contributed by atoms with E-state index in [0.717, 1.165) is 6.07 Å². The molecule has 3 heteroatoms. The zero-order chi connectivity index (χ0) is 5.98. The Balaban J connectivity index is -0.000000213. The first kappa shape index (κ1) is 8.85. The van der Waals surface area contributed by atoms with Gasteiger partial charge >= 0.3 is 23.1 Å². The average Bonchev–Trinajstić information content (AvgIpc) is 1.64. The van der Waals surface area contributed by atoms with Crippen molar-refractivity contribution < 1.29 is 11.6 Å². The summed E-state index contributed by atoms with van der Waals surface area (Å²) in [6.45, 7) is 0. The molecule has 0 saturated carbocycles. The van der Waals surface area contributed by atoms with Crippen molar-refractivity contribution in [2.75, 3.05) is 0 Å². The summed E-state index contributed by atoms with van der Waals surface area (Å²) in [5.74, 6) is -1.07. The summed E-state index contributed by atoms with van der Waals surface area (Å²) in [6.07, 6.45) is 0. The summed E-state index contributed by atoms with van der Waals surface area (Å²) in [7, 11) is 0. The van der Waals surface area contributed by atoms with Gasteiger partial charge in [-0.3, -0.25) is 0 Å². The van der Waals surface area contributed by atoms with E-state index in [1.807, 2.05) is 0 Å². The maximum atomic E-state index is 11.9. The standard InChI is InChI=1S/C6H4F2.Mg.2H/c7-5-2-1-3-6(8)4-5;;;/h1-4H;;;/q;+2;2*-1. The Bertz CT molecular complexity index is 178. The van der Waals surface area contributed by atoms with Crippen LogP contribution in [0.25, 0.3) is 0 Å². The molecule has 1 aromatic rings. The van der Waals surface area contributed by atoms with Crippen molar-refractivity contribution in [1.82, 2.24) is 0 Å². The van der Waals surface area contributed by atoms with Crippen LogP contribution in [-0.4, -0.2) is 23.1 Å². The number of halogens is 2. The number of hydrogen-bond acceptors (Lipinski definition) is 0. The smallest absolute Gasteiger partial charge is 1.00 e. The van der Waals surface area contributed by atoms with Crippen molar-refractivity contribution in [3.63, 3.8) is 0 Å². The SMILES string of the molecule is Fc1cccc(F)c1.[H-].[H-].[Mg+2]. The van der Waals surface area contributed by atoms with E-state index in [9.17, 15) is 8.78 Å². The van der Waals surface area contributed by atoms with Gasteiger partial charge in [-0.05, 0) is 12.1 Å². The molecule has 0 bridgehead atoms. The molecule has 46 valence electrons. The topological polar surface area (TPSA) is 0 Å². The Morgan fingerprint density at radius 2 is 1.56 bits per heavy atom. The van der Waals surface area contributed by atoms with Gasteiger partial charge in [0, 0.05) is 6.07 Å². The fraction of sp³-hybridized carbons (Fsp3) is 0. The Kier molecular flexibility index (Phi) is 3.73. The maximum absolute atomic E-state index is 11.9. The van der Waals surface area contributed by atoms with Gasteiger partial charge in [0.2, 0.25) is 0 Å². The largest absolute Gasteiger partial charge is 2.00 e. The summed E-state index contributed by atoms with van der Waals surface area (Å²) < 4.78 is 23.9. The normalized spacial score (nSPS) is 8.22. The summed E-state index contributed by atoms with van der Waals surface area (Å²) in [5.41, 5.74) is 0. The number of rotatable bonds is 0. The third-order valence-electron chi connectivity index (χ3n) is 0.787. The van der Waals surface area contributed by atoms with Crippen LogP contribution in [0.4, 0.5) is 8.78 Å². The molecule has 0 aliphatic heterocycles.